The third kappa shape index (κ3) is 4.28. The number of hydrogen-bond donors (Lipinski definition) is 2. The lowest BCUT2D eigenvalue weighted by Crippen LogP contribution is -2.22. The molecule has 0 aliphatic rings. The Hall–Kier alpha value is -3.85. The lowest BCUT2D eigenvalue weighted by Gasteiger charge is -2.07. The van der Waals surface area contributed by atoms with Crippen LogP contribution in [0.25, 0.3) is 11.0 Å². The molecule has 0 spiro atoms. The number of halogens is 1. The van der Waals surface area contributed by atoms with E-state index in [0.717, 1.165) is 0 Å². The Bertz CT molecular complexity index is 1370. The summed E-state index contributed by atoms with van der Waals surface area (Å²) in [5.41, 5.74) is 1.22. The number of amides is 1. The zero-order valence-corrected chi connectivity index (χ0v) is 18.1. The van der Waals surface area contributed by atoms with Gasteiger partial charge in [0.25, 0.3) is 5.56 Å². The summed E-state index contributed by atoms with van der Waals surface area (Å²) in [6.45, 7) is 3.97. The molecule has 4 rings (SSSR count). The van der Waals surface area contributed by atoms with Gasteiger partial charge < -0.3 is 14.9 Å². The Balaban J connectivity index is 1.62. The molecule has 4 heterocycles. The summed E-state index contributed by atoms with van der Waals surface area (Å²) in [6, 6.07) is 4.69. The van der Waals surface area contributed by atoms with Crippen LogP contribution in [0.1, 0.15) is 41.5 Å². The summed E-state index contributed by atoms with van der Waals surface area (Å²) < 4.78 is 1.89. The van der Waals surface area contributed by atoms with Crippen molar-refractivity contribution in [2.24, 2.45) is 0 Å². The number of aromatic nitrogens is 5. The third-order valence-electron chi connectivity index (χ3n) is 4.86. The van der Waals surface area contributed by atoms with Crippen LogP contribution < -0.4 is 10.9 Å². The van der Waals surface area contributed by atoms with Crippen LogP contribution in [0, 0.1) is 0 Å². The van der Waals surface area contributed by atoms with Crippen molar-refractivity contribution in [3.8, 4) is 0 Å². The first-order valence-electron chi connectivity index (χ1n) is 9.81. The SMILES string of the molecule is CC(C)n1cc(C(=O)c2c[nH]c(=O)c(NC(=O)Cc3ccc(Cl)cn3)c2)c2cncnc21. The first kappa shape index (κ1) is 21.4. The van der Waals surface area contributed by atoms with Crippen LogP contribution >= 0.6 is 11.6 Å². The van der Waals surface area contributed by atoms with Gasteiger partial charge in [-0.05, 0) is 32.0 Å². The minimum absolute atomic E-state index is 0.0290. The quantitative estimate of drug-likeness (QED) is 0.435. The number of carbonyl (C=O) groups excluding carboxylic acids is 2. The number of anilines is 1. The fourth-order valence-corrected chi connectivity index (χ4v) is 3.41. The monoisotopic (exact) mass is 450 g/mol. The number of fused-ring (bicyclic) bond motifs is 1. The Morgan fingerprint density at radius 3 is 2.75 bits per heavy atom. The molecule has 0 aliphatic carbocycles. The number of H-pyrrole nitrogens is 1. The molecular formula is C22H19ClN6O3. The second-order valence-electron chi connectivity index (χ2n) is 7.46. The van der Waals surface area contributed by atoms with E-state index in [-0.39, 0.29) is 29.5 Å². The number of nitrogens with zero attached hydrogens (tertiary/aromatic N) is 4. The van der Waals surface area contributed by atoms with Crippen LogP contribution in [0.5, 0.6) is 0 Å². The molecule has 10 heteroatoms. The summed E-state index contributed by atoms with van der Waals surface area (Å²) in [5.74, 6) is -0.768. The second-order valence-corrected chi connectivity index (χ2v) is 7.89. The minimum Gasteiger partial charge on any atom is -0.329 e. The molecule has 4 aromatic rings. The van der Waals surface area contributed by atoms with Crippen molar-refractivity contribution in [2.75, 3.05) is 5.32 Å². The van der Waals surface area contributed by atoms with Crippen LogP contribution in [0.15, 0.2) is 54.1 Å². The average Bonchev–Trinajstić information content (AvgIpc) is 3.16. The maximum atomic E-state index is 13.2. The van der Waals surface area contributed by atoms with Gasteiger partial charge in [-0.1, -0.05) is 11.6 Å². The van der Waals surface area contributed by atoms with Crippen molar-refractivity contribution in [3.05, 3.63) is 81.5 Å². The highest BCUT2D eigenvalue weighted by atomic mass is 35.5. The second kappa shape index (κ2) is 8.72. The van der Waals surface area contributed by atoms with Crippen LogP contribution in [0.4, 0.5) is 5.69 Å². The average molecular weight is 451 g/mol. The first-order valence-corrected chi connectivity index (χ1v) is 10.2. The fraction of sp³-hybridized carbons (Fsp3) is 0.182. The van der Waals surface area contributed by atoms with E-state index in [9.17, 15) is 14.4 Å². The Labute approximate surface area is 187 Å². The molecule has 32 heavy (non-hydrogen) atoms. The lowest BCUT2D eigenvalue weighted by atomic mass is 10.1. The van der Waals surface area contributed by atoms with Gasteiger partial charge in [-0.2, -0.15) is 0 Å². The molecule has 0 atom stereocenters. The zero-order valence-electron chi connectivity index (χ0n) is 17.3. The molecule has 0 aromatic carbocycles. The molecule has 0 radical (unpaired) electrons. The van der Waals surface area contributed by atoms with Crippen LogP contribution in [0.2, 0.25) is 5.02 Å². The van der Waals surface area contributed by atoms with Crippen molar-refractivity contribution in [2.45, 2.75) is 26.3 Å². The summed E-state index contributed by atoms with van der Waals surface area (Å²) in [6.07, 6.45) is 7.45. The molecule has 0 saturated heterocycles. The maximum absolute atomic E-state index is 13.2. The molecule has 162 valence electrons. The fourth-order valence-electron chi connectivity index (χ4n) is 3.30. The summed E-state index contributed by atoms with van der Waals surface area (Å²) in [4.78, 5) is 52.8. The molecular weight excluding hydrogens is 432 g/mol. The van der Waals surface area contributed by atoms with E-state index in [1.54, 1.807) is 24.5 Å². The highest BCUT2D eigenvalue weighted by molar-refractivity contribution is 6.30. The predicted molar refractivity (Wildman–Crippen MR) is 120 cm³/mol. The van der Waals surface area contributed by atoms with Gasteiger partial charge in [-0.15, -0.1) is 0 Å². The number of pyridine rings is 2. The summed E-state index contributed by atoms with van der Waals surface area (Å²) in [7, 11) is 0. The molecule has 9 nitrogen and oxygen atoms in total. The Kier molecular flexibility index (Phi) is 5.83. The van der Waals surface area contributed by atoms with Gasteiger partial charge in [-0.25, -0.2) is 9.97 Å². The van der Waals surface area contributed by atoms with E-state index < -0.39 is 11.5 Å². The van der Waals surface area contributed by atoms with Gasteiger partial charge in [0.2, 0.25) is 5.91 Å². The van der Waals surface area contributed by atoms with E-state index in [1.807, 2.05) is 18.4 Å². The van der Waals surface area contributed by atoms with Gasteiger partial charge >= 0.3 is 0 Å². The van der Waals surface area contributed by atoms with E-state index >= 15 is 0 Å². The number of ketones is 1. The summed E-state index contributed by atoms with van der Waals surface area (Å²) in [5, 5.41) is 3.61. The summed E-state index contributed by atoms with van der Waals surface area (Å²) >= 11 is 5.80. The highest BCUT2D eigenvalue weighted by Gasteiger charge is 2.20. The van der Waals surface area contributed by atoms with E-state index in [4.69, 9.17) is 11.6 Å². The van der Waals surface area contributed by atoms with Gasteiger partial charge in [0.15, 0.2) is 5.78 Å². The first-order chi connectivity index (χ1) is 15.3. The molecule has 0 aliphatic heterocycles. The zero-order chi connectivity index (χ0) is 22.8. The van der Waals surface area contributed by atoms with E-state index in [2.05, 4.69) is 25.3 Å². The Morgan fingerprint density at radius 1 is 1.22 bits per heavy atom. The number of aromatic amines is 1. The lowest BCUT2D eigenvalue weighted by molar-refractivity contribution is -0.115. The number of rotatable bonds is 6. The molecule has 0 fully saturated rings. The highest BCUT2D eigenvalue weighted by Crippen LogP contribution is 2.24. The topological polar surface area (TPSA) is 123 Å². The van der Waals surface area contributed by atoms with Gasteiger partial charge in [0.1, 0.15) is 17.7 Å². The molecule has 0 bridgehead atoms. The minimum atomic E-state index is -0.521. The molecule has 0 unspecified atom stereocenters. The molecule has 1 amide bonds. The van der Waals surface area contributed by atoms with Crippen molar-refractivity contribution in [1.82, 2.24) is 24.5 Å². The smallest absolute Gasteiger partial charge is 0.271 e. The normalized spacial score (nSPS) is 11.1. The van der Waals surface area contributed by atoms with Crippen LogP contribution in [-0.4, -0.2) is 36.2 Å². The van der Waals surface area contributed by atoms with Crippen molar-refractivity contribution in [1.29, 1.82) is 0 Å². The van der Waals surface area contributed by atoms with Crippen molar-refractivity contribution in [3.63, 3.8) is 0 Å². The molecule has 4 aromatic heterocycles. The number of nitrogens with one attached hydrogen (secondary N) is 2. The van der Waals surface area contributed by atoms with Crippen LogP contribution in [0.3, 0.4) is 0 Å². The maximum Gasteiger partial charge on any atom is 0.271 e. The predicted octanol–water partition coefficient (Wildman–Crippen LogP) is 3.16. The standard InChI is InChI=1S/C22H19ClN6O3/c1-12(2)29-10-17(16-9-24-11-27-21(16)29)20(31)13-5-18(22(32)26-7-13)28-19(30)6-15-4-3-14(23)8-25-15/h3-5,7-12H,6H2,1-2H3,(H,26,32)(H,28,30). The van der Waals surface area contributed by atoms with E-state index in [0.29, 0.717) is 27.3 Å². The molecule has 0 saturated carbocycles. The van der Waals surface area contributed by atoms with Crippen molar-refractivity contribution < 1.29 is 9.59 Å². The largest absolute Gasteiger partial charge is 0.329 e. The van der Waals surface area contributed by atoms with Crippen molar-refractivity contribution >= 4 is 40.0 Å². The van der Waals surface area contributed by atoms with Gasteiger partial charge in [-0.3, -0.25) is 19.4 Å². The Morgan fingerprint density at radius 2 is 2.03 bits per heavy atom. The van der Waals surface area contributed by atoms with Gasteiger partial charge in [0.05, 0.1) is 17.0 Å². The molecule has 2 N–H and O–H groups in total. The third-order valence-corrected chi connectivity index (χ3v) is 5.09. The number of carbonyl (C=O) groups is 2. The number of hydrogen-bond acceptors (Lipinski definition) is 6. The van der Waals surface area contributed by atoms with Gasteiger partial charge in [0, 0.05) is 47.5 Å². The van der Waals surface area contributed by atoms with E-state index in [1.165, 1.54) is 24.8 Å². The van der Waals surface area contributed by atoms with Crippen LogP contribution in [-0.2, 0) is 11.2 Å².